The Morgan fingerprint density at radius 1 is 1.31 bits per heavy atom. The fraction of sp³-hybridized carbons (Fsp3) is 0.429. The summed E-state index contributed by atoms with van der Waals surface area (Å²) in [5, 5.41) is 2.00. The molecule has 6 nitrogen and oxygen atoms in total. The lowest BCUT2D eigenvalue weighted by molar-refractivity contribution is -0.136. The normalized spacial score (nSPS) is 18.2. The van der Waals surface area contributed by atoms with Crippen LogP contribution in [0.2, 0.25) is 0 Å². The van der Waals surface area contributed by atoms with E-state index in [0.29, 0.717) is 6.29 Å². The molecule has 1 aliphatic rings. The highest BCUT2D eigenvalue weighted by molar-refractivity contribution is 6.08. The van der Waals surface area contributed by atoms with E-state index >= 15 is 0 Å². The summed E-state index contributed by atoms with van der Waals surface area (Å²) in [6.45, 7) is -0.386. The maximum atomic E-state index is 11.1. The Labute approximate surface area is 73.9 Å². The zero-order valence-electron chi connectivity index (χ0n) is 6.78. The highest BCUT2D eigenvalue weighted by Gasteiger charge is 2.24. The second-order valence-corrected chi connectivity index (χ2v) is 2.59. The van der Waals surface area contributed by atoms with Crippen LogP contribution in [0.4, 0.5) is 0 Å². The van der Waals surface area contributed by atoms with Crippen LogP contribution in [-0.4, -0.2) is 42.0 Å². The quantitative estimate of drug-likeness (QED) is 0.307. The summed E-state index contributed by atoms with van der Waals surface area (Å²) < 4.78 is 0. The Morgan fingerprint density at radius 2 is 2.00 bits per heavy atom. The SMILES string of the molecule is O=CCN1CC(=O)NC(=O)CC1=O. The summed E-state index contributed by atoms with van der Waals surface area (Å²) in [4.78, 5) is 43.9. The van der Waals surface area contributed by atoms with Gasteiger partial charge in [-0.2, -0.15) is 0 Å². The molecule has 3 amide bonds. The Balaban J connectivity index is 2.73. The van der Waals surface area contributed by atoms with Crippen LogP contribution in [0.25, 0.3) is 0 Å². The number of aldehydes is 1. The minimum absolute atomic E-state index is 0.153. The molecular formula is C7H8N2O4. The van der Waals surface area contributed by atoms with E-state index in [9.17, 15) is 19.2 Å². The van der Waals surface area contributed by atoms with Crippen molar-refractivity contribution in [3.8, 4) is 0 Å². The molecule has 0 bridgehead atoms. The van der Waals surface area contributed by atoms with E-state index in [1.165, 1.54) is 0 Å². The van der Waals surface area contributed by atoms with Gasteiger partial charge in [0, 0.05) is 0 Å². The molecule has 0 atom stereocenters. The molecule has 0 aromatic heterocycles. The molecule has 6 heteroatoms. The van der Waals surface area contributed by atoms with Gasteiger partial charge in [0.05, 0.1) is 6.54 Å². The smallest absolute Gasteiger partial charge is 0.246 e. The second kappa shape index (κ2) is 3.79. The van der Waals surface area contributed by atoms with Gasteiger partial charge in [0.15, 0.2) is 0 Å². The van der Waals surface area contributed by atoms with Crippen LogP contribution < -0.4 is 5.32 Å². The van der Waals surface area contributed by atoms with Crippen molar-refractivity contribution >= 4 is 24.0 Å². The molecule has 0 aliphatic carbocycles. The van der Waals surface area contributed by atoms with Gasteiger partial charge in [-0.05, 0) is 0 Å². The minimum atomic E-state index is -0.622. The molecule has 0 radical (unpaired) electrons. The van der Waals surface area contributed by atoms with Gasteiger partial charge in [-0.3, -0.25) is 19.7 Å². The number of amides is 3. The van der Waals surface area contributed by atoms with Crippen LogP contribution in [0.5, 0.6) is 0 Å². The van der Waals surface area contributed by atoms with Gasteiger partial charge in [0.2, 0.25) is 17.7 Å². The van der Waals surface area contributed by atoms with E-state index in [0.717, 1.165) is 4.90 Å². The van der Waals surface area contributed by atoms with Crippen LogP contribution in [0.15, 0.2) is 0 Å². The van der Waals surface area contributed by atoms with Crippen LogP contribution in [0.1, 0.15) is 6.42 Å². The van der Waals surface area contributed by atoms with E-state index in [-0.39, 0.29) is 19.5 Å². The number of rotatable bonds is 2. The second-order valence-electron chi connectivity index (χ2n) is 2.59. The Hall–Kier alpha value is -1.72. The van der Waals surface area contributed by atoms with Crippen molar-refractivity contribution in [1.82, 2.24) is 10.2 Å². The zero-order valence-corrected chi connectivity index (χ0v) is 6.78. The van der Waals surface area contributed by atoms with E-state index in [2.05, 4.69) is 0 Å². The maximum Gasteiger partial charge on any atom is 0.246 e. The van der Waals surface area contributed by atoms with E-state index in [1.807, 2.05) is 5.32 Å². The number of nitrogens with zero attached hydrogens (tertiary/aromatic N) is 1. The lowest BCUT2D eigenvalue weighted by Crippen LogP contribution is -2.37. The zero-order chi connectivity index (χ0) is 9.84. The molecule has 0 unspecified atom stereocenters. The first-order chi connectivity index (χ1) is 6.13. The van der Waals surface area contributed by atoms with Crippen LogP contribution in [-0.2, 0) is 19.2 Å². The molecule has 1 aliphatic heterocycles. The minimum Gasteiger partial charge on any atom is -0.326 e. The third-order valence-corrected chi connectivity index (χ3v) is 1.57. The highest BCUT2D eigenvalue weighted by atomic mass is 16.2. The van der Waals surface area contributed by atoms with Gasteiger partial charge < -0.3 is 9.69 Å². The summed E-state index contributed by atoms with van der Waals surface area (Å²) in [5.74, 6) is -1.68. The summed E-state index contributed by atoms with van der Waals surface area (Å²) in [7, 11) is 0. The average molecular weight is 184 g/mol. The van der Waals surface area contributed by atoms with Crippen molar-refractivity contribution in [2.75, 3.05) is 13.1 Å². The number of hydrogen-bond acceptors (Lipinski definition) is 4. The first kappa shape index (κ1) is 9.37. The van der Waals surface area contributed by atoms with Crippen molar-refractivity contribution in [2.45, 2.75) is 6.42 Å². The summed E-state index contributed by atoms with van der Waals surface area (Å²) >= 11 is 0. The molecule has 1 saturated heterocycles. The van der Waals surface area contributed by atoms with Gasteiger partial charge in [-0.25, -0.2) is 0 Å². The van der Waals surface area contributed by atoms with Gasteiger partial charge >= 0.3 is 0 Å². The lowest BCUT2D eigenvalue weighted by atomic mass is 10.3. The van der Waals surface area contributed by atoms with E-state index in [1.54, 1.807) is 0 Å². The predicted molar refractivity (Wildman–Crippen MR) is 40.4 cm³/mol. The standard InChI is InChI=1S/C7H8N2O4/c10-2-1-9-4-6(12)8-5(11)3-7(9)13/h2H,1,3-4H2,(H,8,11,12). The lowest BCUT2D eigenvalue weighted by Gasteiger charge is -2.14. The van der Waals surface area contributed by atoms with Gasteiger partial charge in [0.25, 0.3) is 0 Å². The topological polar surface area (TPSA) is 83.6 Å². The largest absolute Gasteiger partial charge is 0.326 e. The maximum absolute atomic E-state index is 11.1. The predicted octanol–water partition coefficient (Wildman–Crippen LogP) is -1.94. The molecule has 1 fully saturated rings. The van der Waals surface area contributed by atoms with Crippen molar-refractivity contribution in [3.63, 3.8) is 0 Å². The fourth-order valence-electron chi connectivity index (χ4n) is 1.01. The van der Waals surface area contributed by atoms with Crippen LogP contribution in [0.3, 0.4) is 0 Å². The Bertz CT molecular complexity index is 274. The summed E-state index contributed by atoms with van der Waals surface area (Å²) in [5.41, 5.74) is 0. The van der Waals surface area contributed by atoms with Crippen molar-refractivity contribution in [1.29, 1.82) is 0 Å². The number of carbonyl (C=O) groups is 4. The van der Waals surface area contributed by atoms with Gasteiger partial charge in [-0.15, -0.1) is 0 Å². The molecule has 0 saturated carbocycles. The molecule has 0 spiro atoms. The molecule has 0 aromatic carbocycles. The molecule has 1 rings (SSSR count). The van der Waals surface area contributed by atoms with Crippen LogP contribution >= 0.6 is 0 Å². The Kier molecular flexibility index (Phi) is 2.73. The summed E-state index contributed by atoms with van der Waals surface area (Å²) in [6, 6.07) is 0. The molecular weight excluding hydrogens is 176 g/mol. The average Bonchev–Trinajstić information content (AvgIpc) is 2.12. The molecule has 1 heterocycles. The summed E-state index contributed by atoms with van der Waals surface area (Å²) in [6.07, 6.45) is 0.139. The van der Waals surface area contributed by atoms with E-state index < -0.39 is 17.7 Å². The van der Waals surface area contributed by atoms with Crippen LogP contribution in [0, 0.1) is 0 Å². The molecule has 70 valence electrons. The third-order valence-electron chi connectivity index (χ3n) is 1.57. The first-order valence-corrected chi connectivity index (χ1v) is 3.67. The monoisotopic (exact) mass is 184 g/mol. The molecule has 13 heavy (non-hydrogen) atoms. The van der Waals surface area contributed by atoms with Crippen molar-refractivity contribution in [3.05, 3.63) is 0 Å². The number of hydrogen-bond donors (Lipinski definition) is 1. The molecule has 1 N–H and O–H groups in total. The number of carbonyl (C=O) groups excluding carboxylic acids is 4. The number of imide groups is 1. The van der Waals surface area contributed by atoms with Crippen molar-refractivity contribution in [2.24, 2.45) is 0 Å². The first-order valence-electron chi connectivity index (χ1n) is 3.67. The number of nitrogens with one attached hydrogen (secondary N) is 1. The highest BCUT2D eigenvalue weighted by Crippen LogP contribution is 1.97. The third kappa shape index (κ3) is 2.36. The van der Waals surface area contributed by atoms with Gasteiger partial charge in [-0.1, -0.05) is 0 Å². The molecule has 0 aromatic rings. The van der Waals surface area contributed by atoms with E-state index in [4.69, 9.17) is 0 Å². The Morgan fingerprint density at radius 3 is 2.62 bits per heavy atom. The van der Waals surface area contributed by atoms with Gasteiger partial charge in [0.1, 0.15) is 19.3 Å². The fourth-order valence-corrected chi connectivity index (χ4v) is 1.01. The van der Waals surface area contributed by atoms with Crippen molar-refractivity contribution < 1.29 is 19.2 Å².